The molecular weight excluding hydrogens is 275 g/mol. The number of benzene rings is 1. The van der Waals surface area contributed by atoms with Gasteiger partial charge in [-0.05, 0) is 31.7 Å². The predicted molar refractivity (Wildman–Crippen MR) is 74.2 cm³/mol. The van der Waals surface area contributed by atoms with Gasteiger partial charge >= 0.3 is 0 Å². The van der Waals surface area contributed by atoms with Gasteiger partial charge in [0, 0.05) is 5.38 Å². The molecule has 0 spiro atoms. The lowest BCUT2D eigenvalue weighted by Gasteiger charge is -2.15. The van der Waals surface area contributed by atoms with Crippen molar-refractivity contribution < 1.29 is 0 Å². The van der Waals surface area contributed by atoms with E-state index in [0.29, 0.717) is 10.0 Å². The van der Waals surface area contributed by atoms with Gasteiger partial charge < -0.3 is 5.32 Å². The summed E-state index contributed by atoms with van der Waals surface area (Å²) in [5.74, 6) is 0. The van der Waals surface area contributed by atoms with Gasteiger partial charge in [0.2, 0.25) is 0 Å². The molecule has 0 saturated heterocycles. The van der Waals surface area contributed by atoms with Crippen LogP contribution in [0.2, 0.25) is 10.0 Å². The predicted octanol–water partition coefficient (Wildman–Crippen LogP) is 4.07. The molecule has 0 fully saturated rings. The fourth-order valence-corrected chi connectivity index (χ4v) is 2.63. The molecule has 0 aliphatic rings. The Labute approximate surface area is 115 Å². The minimum absolute atomic E-state index is 0.0507. The van der Waals surface area contributed by atoms with E-state index in [1.165, 1.54) is 0 Å². The van der Waals surface area contributed by atoms with Crippen LogP contribution in [0.3, 0.4) is 0 Å². The number of thiazole rings is 1. The molecule has 0 aliphatic heterocycles. The van der Waals surface area contributed by atoms with Crippen LogP contribution in [0.15, 0.2) is 23.6 Å². The summed E-state index contributed by atoms with van der Waals surface area (Å²) in [6, 6.07) is 5.70. The Morgan fingerprint density at radius 1 is 1.29 bits per heavy atom. The Bertz CT molecular complexity index is 525. The Kier molecular flexibility index (Phi) is 4.05. The average molecular weight is 287 g/mol. The van der Waals surface area contributed by atoms with Crippen molar-refractivity contribution in [3.05, 3.63) is 49.9 Å². The Balaban J connectivity index is 2.38. The SMILES string of the molecule is CNC(c1ccc(Cl)c(Cl)c1)c1csc(C)n1. The van der Waals surface area contributed by atoms with Gasteiger partial charge in [-0.25, -0.2) is 4.98 Å². The fourth-order valence-electron chi connectivity index (χ4n) is 1.69. The zero-order valence-electron chi connectivity index (χ0n) is 9.50. The summed E-state index contributed by atoms with van der Waals surface area (Å²) in [7, 11) is 1.90. The molecule has 90 valence electrons. The summed E-state index contributed by atoms with van der Waals surface area (Å²) < 4.78 is 0. The van der Waals surface area contributed by atoms with Gasteiger partial charge in [0.05, 0.1) is 26.8 Å². The van der Waals surface area contributed by atoms with Gasteiger partial charge in [-0.2, -0.15) is 0 Å². The van der Waals surface area contributed by atoms with E-state index in [2.05, 4.69) is 15.7 Å². The summed E-state index contributed by atoms with van der Waals surface area (Å²) >= 11 is 13.6. The second-order valence-corrected chi connectivity index (χ2v) is 5.56. The third-order valence-corrected chi connectivity index (χ3v) is 4.03. The minimum atomic E-state index is 0.0507. The molecule has 17 heavy (non-hydrogen) atoms. The van der Waals surface area contributed by atoms with Crippen LogP contribution in [0.25, 0.3) is 0 Å². The van der Waals surface area contributed by atoms with Crippen molar-refractivity contribution in [3.8, 4) is 0 Å². The van der Waals surface area contributed by atoms with Gasteiger partial charge in [-0.15, -0.1) is 11.3 Å². The van der Waals surface area contributed by atoms with Crippen molar-refractivity contribution in [3.63, 3.8) is 0 Å². The summed E-state index contributed by atoms with van der Waals surface area (Å²) in [5, 5.41) is 7.48. The number of hydrogen-bond donors (Lipinski definition) is 1. The van der Waals surface area contributed by atoms with Crippen molar-refractivity contribution in [2.24, 2.45) is 0 Å². The van der Waals surface area contributed by atoms with E-state index in [4.69, 9.17) is 23.2 Å². The molecule has 1 N–H and O–H groups in total. The van der Waals surface area contributed by atoms with E-state index in [0.717, 1.165) is 16.3 Å². The number of rotatable bonds is 3. The number of aromatic nitrogens is 1. The van der Waals surface area contributed by atoms with Crippen LogP contribution in [-0.4, -0.2) is 12.0 Å². The van der Waals surface area contributed by atoms with Crippen molar-refractivity contribution in [2.45, 2.75) is 13.0 Å². The summed E-state index contributed by atoms with van der Waals surface area (Å²) in [6.45, 7) is 2.00. The molecule has 1 heterocycles. The van der Waals surface area contributed by atoms with Crippen LogP contribution in [0.1, 0.15) is 22.3 Å². The van der Waals surface area contributed by atoms with E-state index < -0.39 is 0 Å². The lowest BCUT2D eigenvalue weighted by atomic mass is 10.1. The zero-order valence-corrected chi connectivity index (χ0v) is 11.8. The lowest BCUT2D eigenvalue weighted by molar-refractivity contribution is 0.674. The molecule has 2 aromatic rings. The zero-order chi connectivity index (χ0) is 12.4. The van der Waals surface area contributed by atoms with Gasteiger partial charge in [0.25, 0.3) is 0 Å². The first-order valence-corrected chi connectivity index (χ1v) is 6.79. The fraction of sp³-hybridized carbons (Fsp3) is 0.250. The molecule has 2 nitrogen and oxygen atoms in total. The molecule has 2 rings (SSSR count). The summed E-state index contributed by atoms with van der Waals surface area (Å²) in [6.07, 6.45) is 0. The molecule has 0 bridgehead atoms. The van der Waals surface area contributed by atoms with E-state index in [-0.39, 0.29) is 6.04 Å². The van der Waals surface area contributed by atoms with Crippen molar-refractivity contribution in [1.82, 2.24) is 10.3 Å². The standard InChI is InChI=1S/C12H12Cl2N2S/c1-7-16-11(6-17-7)12(15-2)8-3-4-9(13)10(14)5-8/h3-6,12,15H,1-2H3. The second-order valence-electron chi connectivity index (χ2n) is 3.69. The molecule has 5 heteroatoms. The quantitative estimate of drug-likeness (QED) is 0.920. The van der Waals surface area contributed by atoms with Crippen LogP contribution >= 0.6 is 34.5 Å². The van der Waals surface area contributed by atoms with Crippen LogP contribution < -0.4 is 5.32 Å². The third-order valence-electron chi connectivity index (χ3n) is 2.50. The van der Waals surface area contributed by atoms with E-state index in [9.17, 15) is 0 Å². The van der Waals surface area contributed by atoms with Crippen molar-refractivity contribution in [1.29, 1.82) is 0 Å². The number of nitrogens with zero attached hydrogens (tertiary/aromatic N) is 1. The second kappa shape index (κ2) is 5.36. The van der Waals surface area contributed by atoms with Gasteiger partial charge in [0.1, 0.15) is 0 Å². The average Bonchev–Trinajstić information content (AvgIpc) is 2.71. The highest BCUT2D eigenvalue weighted by Gasteiger charge is 2.15. The highest BCUT2D eigenvalue weighted by atomic mass is 35.5. The Morgan fingerprint density at radius 2 is 2.06 bits per heavy atom. The van der Waals surface area contributed by atoms with Crippen LogP contribution in [0, 0.1) is 6.92 Å². The maximum atomic E-state index is 6.03. The number of aryl methyl sites for hydroxylation is 1. The highest BCUT2D eigenvalue weighted by molar-refractivity contribution is 7.09. The van der Waals surface area contributed by atoms with Crippen molar-refractivity contribution >= 4 is 34.5 Å². The monoisotopic (exact) mass is 286 g/mol. The largest absolute Gasteiger partial charge is 0.308 e. The minimum Gasteiger partial charge on any atom is -0.308 e. The van der Waals surface area contributed by atoms with E-state index in [1.54, 1.807) is 11.3 Å². The first kappa shape index (κ1) is 12.8. The maximum Gasteiger partial charge on any atom is 0.0898 e. The molecule has 0 aliphatic carbocycles. The Morgan fingerprint density at radius 3 is 2.59 bits per heavy atom. The number of halogens is 2. The van der Waals surface area contributed by atoms with Gasteiger partial charge in [-0.3, -0.25) is 0 Å². The normalized spacial score (nSPS) is 12.7. The van der Waals surface area contributed by atoms with Gasteiger partial charge in [-0.1, -0.05) is 29.3 Å². The molecule has 1 unspecified atom stereocenters. The number of hydrogen-bond acceptors (Lipinski definition) is 3. The molecule has 1 aromatic heterocycles. The smallest absolute Gasteiger partial charge is 0.0898 e. The molecule has 1 atom stereocenters. The highest BCUT2D eigenvalue weighted by Crippen LogP contribution is 2.29. The van der Waals surface area contributed by atoms with Crippen LogP contribution in [0.5, 0.6) is 0 Å². The Hall–Kier alpha value is -0.610. The summed E-state index contributed by atoms with van der Waals surface area (Å²) in [5.41, 5.74) is 2.07. The molecule has 1 aromatic carbocycles. The lowest BCUT2D eigenvalue weighted by Crippen LogP contribution is -2.18. The molecule has 0 radical (unpaired) electrons. The first-order valence-electron chi connectivity index (χ1n) is 5.16. The van der Waals surface area contributed by atoms with E-state index in [1.807, 2.05) is 32.2 Å². The van der Waals surface area contributed by atoms with E-state index >= 15 is 0 Å². The van der Waals surface area contributed by atoms with Gasteiger partial charge in [0.15, 0.2) is 0 Å². The molecule has 0 amide bonds. The molecular formula is C12H12Cl2N2S. The third kappa shape index (κ3) is 2.80. The maximum absolute atomic E-state index is 6.03. The topological polar surface area (TPSA) is 24.9 Å². The van der Waals surface area contributed by atoms with Crippen molar-refractivity contribution in [2.75, 3.05) is 7.05 Å². The number of nitrogens with one attached hydrogen (secondary N) is 1. The van der Waals surface area contributed by atoms with Crippen LogP contribution in [0.4, 0.5) is 0 Å². The van der Waals surface area contributed by atoms with Crippen LogP contribution in [-0.2, 0) is 0 Å². The first-order chi connectivity index (χ1) is 8.11. The molecule has 0 saturated carbocycles. The summed E-state index contributed by atoms with van der Waals surface area (Å²) in [4.78, 5) is 4.49.